The molecule has 0 saturated carbocycles. The van der Waals surface area contributed by atoms with Gasteiger partial charge in [0.05, 0.1) is 0 Å². The quantitative estimate of drug-likeness (QED) is 0.500. The first-order valence-electron chi connectivity index (χ1n) is 2.43. The van der Waals surface area contributed by atoms with E-state index in [-0.39, 0.29) is 0 Å². The fourth-order valence-corrected chi connectivity index (χ4v) is 0.601. The van der Waals surface area contributed by atoms with E-state index in [2.05, 4.69) is 6.07 Å². The lowest BCUT2D eigenvalue weighted by molar-refractivity contribution is 1.47. The van der Waals surface area contributed by atoms with Gasteiger partial charge in [-0.15, -0.1) is 0 Å². The third-order valence-corrected chi connectivity index (χ3v) is 1.17. The van der Waals surface area contributed by atoms with Gasteiger partial charge >= 0.3 is 0 Å². The third kappa shape index (κ3) is 1.24. The second-order valence-corrected chi connectivity index (χ2v) is 2.12. The van der Waals surface area contributed by atoms with Crippen LogP contribution in [-0.4, -0.2) is 0 Å². The smallest absolute Gasteiger partial charge is 0.0485 e. The first-order valence-corrected chi connectivity index (χ1v) is 2.80. The van der Waals surface area contributed by atoms with Crippen LogP contribution in [0.4, 0.5) is 0 Å². The fraction of sp³-hybridized carbons (Fsp3) is 0.143. The minimum Gasteiger partial charge on any atom is -0.0837 e. The zero-order valence-corrected chi connectivity index (χ0v) is 5.37. The highest BCUT2D eigenvalue weighted by Crippen LogP contribution is 2.06. The van der Waals surface area contributed by atoms with Crippen LogP contribution in [0.15, 0.2) is 18.2 Å². The van der Waals surface area contributed by atoms with Gasteiger partial charge in [-0.3, -0.25) is 0 Å². The molecular weight excluding hydrogens is 120 g/mol. The summed E-state index contributed by atoms with van der Waals surface area (Å²) >= 11 is 5.56. The molecule has 1 aromatic rings. The summed E-state index contributed by atoms with van der Waals surface area (Å²) < 4.78 is 0. The number of hydrogen-bond donors (Lipinski definition) is 0. The van der Waals surface area contributed by atoms with Crippen molar-refractivity contribution in [2.75, 3.05) is 0 Å². The molecule has 0 N–H and O–H groups in total. The normalized spacial score (nSPS) is 9.25. The summed E-state index contributed by atoms with van der Waals surface area (Å²) in [5.41, 5.74) is 1.19. The summed E-state index contributed by atoms with van der Waals surface area (Å²) in [7, 11) is 0. The van der Waals surface area contributed by atoms with Crippen LogP contribution < -0.4 is 0 Å². The maximum Gasteiger partial charge on any atom is 0.0485 e. The van der Waals surface area contributed by atoms with Crippen molar-refractivity contribution < 1.29 is 0 Å². The average Bonchev–Trinajstić information content (AvgIpc) is 1.77. The Hall–Kier alpha value is -0.490. The molecule has 0 atom stereocenters. The van der Waals surface area contributed by atoms with E-state index < -0.39 is 0 Å². The van der Waals surface area contributed by atoms with Gasteiger partial charge in [0.1, 0.15) is 0 Å². The Balaban J connectivity index is 3.03. The number of hydrogen-bond acceptors (Lipinski definition) is 0. The lowest BCUT2D eigenvalue weighted by Gasteiger charge is -1.87. The predicted octanol–water partition coefficient (Wildman–Crippen LogP) is 2.45. The van der Waals surface area contributed by atoms with Gasteiger partial charge in [0.25, 0.3) is 0 Å². The van der Waals surface area contributed by atoms with Crippen molar-refractivity contribution >= 4 is 11.6 Å². The van der Waals surface area contributed by atoms with Crippen LogP contribution in [-0.2, 0) is 0 Å². The maximum absolute atomic E-state index is 5.56. The molecule has 0 aliphatic heterocycles. The number of rotatable bonds is 0. The molecule has 0 aliphatic carbocycles. The topological polar surface area (TPSA) is 0 Å². The van der Waals surface area contributed by atoms with Crippen molar-refractivity contribution in [2.24, 2.45) is 0 Å². The largest absolute Gasteiger partial charge is 0.0837 e. The summed E-state index contributed by atoms with van der Waals surface area (Å²) in [5.74, 6) is 0. The van der Waals surface area contributed by atoms with Gasteiger partial charge in [-0.25, -0.2) is 0 Å². The SMILES string of the molecule is Cc1c[c]c(Cl)cc1. The molecule has 0 saturated heterocycles. The monoisotopic (exact) mass is 125 g/mol. The molecule has 0 spiro atoms. The van der Waals surface area contributed by atoms with Crippen molar-refractivity contribution in [3.63, 3.8) is 0 Å². The van der Waals surface area contributed by atoms with Crippen molar-refractivity contribution in [1.82, 2.24) is 0 Å². The minimum absolute atomic E-state index is 0.676. The Kier molecular flexibility index (Phi) is 1.54. The Morgan fingerprint density at radius 3 is 2.62 bits per heavy atom. The summed E-state index contributed by atoms with van der Waals surface area (Å²) in [6.07, 6.45) is 0. The highest BCUT2D eigenvalue weighted by Gasteiger charge is 1.82. The van der Waals surface area contributed by atoms with E-state index in [0.29, 0.717) is 5.02 Å². The standard InChI is InChI=1S/C7H6Cl/c1-6-2-4-7(8)5-3-6/h2-4H,1H3. The molecule has 1 rings (SSSR count). The van der Waals surface area contributed by atoms with E-state index in [1.807, 2.05) is 25.1 Å². The summed E-state index contributed by atoms with van der Waals surface area (Å²) in [4.78, 5) is 0. The van der Waals surface area contributed by atoms with E-state index in [1.165, 1.54) is 5.56 Å². The van der Waals surface area contributed by atoms with Crippen LogP contribution in [0.5, 0.6) is 0 Å². The molecule has 0 aromatic heterocycles. The molecule has 1 radical (unpaired) electrons. The maximum atomic E-state index is 5.56. The highest BCUT2D eigenvalue weighted by molar-refractivity contribution is 6.30. The third-order valence-electron chi connectivity index (χ3n) is 0.930. The Morgan fingerprint density at radius 2 is 2.25 bits per heavy atom. The minimum atomic E-state index is 0.676. The Labute approximate surface area is 54.1 Å². The van der Waals surface area contributed by atoms with Crippen molar-refractivity contribution in [2.45, 2.75) is 6.92 Å². The molecule has 0 nitrogen and oxygen atoms in total. The van der Waals surface area contributed by atoms with Gasteiger partial charge < -0.3 is 0 Å². The summed E-state index contributed by atoms with van der Waals surface area (Å²) in [6.45, 7) is 2.01. The Morgan fingerprint density at radius 1 is 1.50 bits per heavy atom. The molecule has 0 bridgehead atoms. The van der Waals surface area contributed by atoms with Crippen LogP contribution in [0, 0.1) is 13.0 Å². The number of aryl methyl sites for hydroxylation is 1. The van der Waals surface area contributed by atoms with Crippen molar-refractivity contribution in [1.29, 1.82) is 0 Å². The average molecular weight is 126 g/mol. The fourth-order valence-electron chi connectivity index (χ4n) is 0.484. The van der Waals surface area contributed by atoms with Crippen LogP contribution in [0.3, 0.4) is 0 Å². The van der Waals surface area contributed by atoms with Gasteiger partial charge in [0.2, 0.25) is 0 Å². The molecule has 1 heteroatoms. The van der Waals surface area contributed by atoms with Gasteiger partial charge in [0.15, 0.2) is 0 Å². The van der Waals surface area contributed by atoms with E-state index in [4.69, 9.17) is 11.6 Å². The molecule has 0 unspecified atom stereocenters. The lowest BCUT2D eigenvalue weighted by Crippen LogP contribution is -1.67. The molecule has 8 heavy (non-hydrogen) atoms. The van der Waals surface area contributed by atoms with Gasteiger partial charge in [-0.2, -0.15) is 0 Å². The first-order chi connectivity index (χ1) is 3.79. The number of benzene rings is 1. The molecule has 0 heterocycles. The van der Waals surface area contributed by atoms with E-state index >= 15 is 0 Å². The second kappa shape index (κ2) is 2.19. The predicted molar refractivity (Wildman–Crippen MR) is 35.0 cm³/mol. The second-order valence-electron chi connectivity index (χ2n) is 1.71. The highest BCUT2D eigenvalue weighted by atomic mass is 35.5. The van der Waals surface area contributed by atoms with E-state index in [1.54, 1.807) is 0 Å². The van der Waals surface area contributed by atoms with Gasteiger partial charge in [-0.05, 0) is 19.1 Å². The van der Waals surface area contributed by atoms with E-state index in [9.17, 15) is 0 Å². The Bertz CT molecular complexity index is 143. The van der Waals surface area contributed by atoms with E-state index in [0.717, 1.165) is 0 Å². The zero-order chi connectivity index (χ0) is 5.98. The number of halogens is 1. The molecular formula is C7H6Cl. The van der Waals surface area contributed by atoms with Crippen LogP contribution in [0.1, 0.15) is 5.56 Å². The molecule has 0 amide bonds. The van der Waals surface area contributed by atoms with Crippen molar-refractivity contribution in [3.05, 3.63) is 34.9 Å². The molecule has 0 fully saturated rings. The lowest BCUT2D eigenvalue weighted by atomic mass is 10.2. The summed E-state index contributed by atoms with van der Waals surface area (Å²) in [6, 6.07) is 8.52. The first kappa shape index (κ1) is 5.64. The zero-order valence-electron chi connectivity index (χ0n) is 4.61. The van der Waals surface area contributed by atoms with Crippen LogP contribution in [0.25, 0.3) is 0 Å². The van der Waals surface area contributed by atoms with Crippen LogP contribution in [0.2, 0.25) is 5.02 Å². The molecule has 0 aliphatic rings. The molecule has 1 aromatic carbocycles. The summed E-state index contributed by atoms with van der Waals surface area (Å²) in [5, 5.41) is 0.676. The van der Waals surface area contributed by atoms with Crippen LogP contribution >= 0.6 is 11.6 Å². The van der Waals surface area contributed by atoms with Crippen molar-refractivity contribution in [3.8, 4) is 0 Å². The van der Waals surface area contributed by atoms with Gasteiger partial charge in [0, 0.05) is 11.1 Å². The van der Waals surface area contributed by atoms with Gasteiger partial charge in [-0.1, -0.05) is 23.2 Å². The molecule has 41 valence electrons.